The van der Waals surface area contributed by atoms with Crippen molar-refractivity contribution in [2.24, 2.45) is 0 Å². The Labute approximate surface area is 213 Å². The molecular formula is C28H36N4O4. The van der Waals surface area contributed by atoms with Crippen molar-refractivity contribution in [1.82, 2.24) is 9.88 Å². The van der Waals surface area contributed by atoms with Gasteiger partial charge in [0.15, 0.2) is 0 Å². The summed E-state index contributed by atoms with van der Waals surface area (Å²) >= 11 is 0. The van der Waals surface area contributed by atoms with Crippen LogP contribution in [0.25, 0.3) is 0 Å². The highest BCUT2D eigenvalue weighted by atomic mass is 16.5. The minimum atomic E-state index is 0.645. The first-order chi connectivity index (χ1) is 17.8. The first kappa shape index (κ1) is 24.6. The predicted molar refractivity (Wildman–Crippen MR) is 140 cm³/mol. The monoisotopic (exact) mass is 492 g/mol. The molecule has 0 N–H and O–H groups in total. The molecule has 0 bridgehead atoms. The van der Waals surface area contributed by atoms with Crippen LogP contribution in [-0.2, 0) is 29.0 Å². The van der Waals surface area contributed by atoms with Gasteiger partial charge < -0.3 is 28.4 Å². The minimum absolute atomic E-state index is 0.645. The Morgan fingerprint density at radius 3 is 2.33 bits per heavy atom. The zero-order valence-corrected chi connectivity index (χ0v) is 21.1. The molecular weight excluding hydrogens is 456 g/mol. The number of hydrogen-bond donors (Lipinski definition) is 0. The molecule has 1 aromatic heterocycles. The molecule has 2 saturated heterocycles. The topological polar surface area (TPSA) is 63.4 Å². The second-order valence-corrected chi connectivity index (χ2v) is 9.30. The summed E-state index contributed by atoms with van der Waals surface area (Å²) in [6.45, 7) is 9.29. The smallest absolute Gasteiger partial charge is 0.298 e. The SMILES string of the molecule is COc1cccc(CN(Cc2cccc(N3CCOCC3)c2)c2nc(CCN3CCOCC3)co2)c1. The normalized spacial score (nSPS) is 16.8. The van der Waals surface area contributed by atoms with Crippen molar-refractivity contribution in [1.29, 1.82) is 0 Å². The third kappa shape index (κ3) is 6.57. The number of rotatable bonds is 10. The second kappa shape index (κ2) is 12.3. The van der Waals surface area contributed by atoms with Gasteiger partial charge in [-0.25, -0.2) is 0 Å². The fraction of sp³-hybridized carbons (Fsp3) is 0.464. The minimum Gasteiger partial charge on any atom is -0.497 e. The van der Waals surface area contributed by atoms with Crippen LogP contribution in [0, 0.1) is 0 Å². The molecule has 2 aliphatic heterocycles. The third-order valence-electron chi connectivity index (χ3n) is 6.77. The van der Waals surface area contributed by atoms with Gasteiger partial charge in [-0.3, -0.25) is 4.90 Å². The van der Waals surface area contributed by atoms with Crippen LogP contribution in [0.1, 0.15) is 16.8 Å². The number of anilines is 2. The molecule has 3 heterocycles. The van der Waals surface area contributed by atoms with Crippen molar-refractivity contribution >= 4 is 11.7 Å². The van der Waals surface area contributed by atoms with E-state index in [1.807, 2.05) is 12.1 Å². The highest BCUT2D eigenvalue weighted by molar-refractivity contribution is 5.50. The summed E-state index contributed by atoms with van der Waals surface area (Å²) in [4.78, 5) is 11.9. The van der Waals surface area contributed by atoms with Crippen molar-refractivity contribution in [3.05, 3.63) is 71.6 Å². The first-order valence-electron chi connectivity index (χ1n) is 12.8. The van der Waals surface area contributed by atoms with E-state index in [-0.39, 0.29) is 0 Å². The average molecular weight is 493 g/mol. The highest BCUT2D eigenvalue weighted by Crippen LogP contribution is 2.24. The van der Waals surface area contributed by atoms with Gasteiger partial charge in [0.2, 0.25) is 0 Å². The van der Waals surface area contributed by atoms with Gasteiger partial charge in [-0.2, -0.15) is 4.98 Å². The fourth-order valence-corrected chi connectivity index (χ4v) is 4.73. The maximum atomic E-state index is 6.03. The number of methoxy groups -OCH3 is 1. The molecule has 2 aliphatic rings. The highest BCUT2D eigenvalue weighted by Gasteiger charge is 2.18. The van der Waals surface area contributed by atoms with Crippen molar-refractivity contribution in [2.75, 3.05) is 76.1 Å². The van der Waals surface area contributed by atoms with Crippen molar-refractivity contribution < 1.29 is 18.6 Å². The van der Waals surface area contributed by atoms with Gasteiger partial charge in [-0.15, -0.1) is 0 Å². The number of hydrogen-bond acceptors (Lipinski definition) is 8. The molecule has 0 aliphatic carbocycles. The Morgan fingerprint density at radius 2 is 1.58 bits per heavy atom. The molecule has 0 saturated carbocycles. The van der Waals surface area contributed by atoms with E-state index >= 15 is 0 Å². The lowest BCUT2D eigenvalue weighted by Crippen LogP contribution is -2.37. The van der Waals surface area contributed by atoms with Crippen LogP contribution in [0.15, 0.2) is 59.2 Å². The fourth-order valence-electron chi connectivity index (χ4n) is 4.73. The lowest BCUT2D eigenvalue weighted by atomic mass is 10.1. The Hall–Kier alpha value is -3.07. The maximum absolute atomic E-state index is 6.03. The average Bonchev–Trinajstić information content (AvgIpc) is 3.42. The number of morpholine rings is 2. The molecule has 0 atom stereocenters. The van der Waals surface area contributed by atoms with Gasteiger partial charge in [0.1, 0.15) is 12.0 Å². The number of oxazole rings is 1. The van der Waals surface area contributed by atoms with Gasteiger partial charge in [0.05, 0.1) is 39.2 Å². The zero-order chi connectivity index (χ0) is 24.6. The number of nitrogens with zero attached hydrogens (tertiary/aromatic N) is 4. The van der Waals surface area contributed by atoms with E-state index < -0.39 is 0 Å². The second-order valence-electron chi connectivity index (χ2n) is 9.30. The Kier molecular flexibility index (Phi) is 8.38. The molecule has 8 heteroatoms. The number of benzene rings is 2. The summed E-state index contributed by atoms with van der Waals surface area (Å²) in [5.41, 5.74) is 4.58. The summed E-state index contributed by atoms with van der Waals surface area (Å²) in [5, 5.41) is 0. The van der Waals surface area contributed by atoms with Crippen LogP contribution >= 0.6 is 0 Å². The lowest BCUT2D eigenvalue weighted by molar-refractivity contribution is 0.0383. The van der Waals surface area contributed by atoms with Crippen molar-refractivity contribution in [2.45, 2.75) is 19.5 Å². The quantitative estimate of drug-likeness (QED) is 0.426. The van der Waals surface area contributed by atoms with Gasteiger partial charge in [0.25, 0.3) is 6.01 Å². The Bertz CT molecular complexity index is 1090. The molecule has 192 valence electrons. The van der Waals surface area contributed by atoms with Crippen LogP contribution in [0.5, 0.6) is 5.75 Å². The van der Waals surface area contributed by atoms with Crippen LogP contribution in [-0.4, -0.2) is 76.1 Å². The summed E-state index contributed by atoms with van der Waals surface area (Å²) in [6.07, 6.45) is 2.67. The molecule has 3 aromatic rings. The molecule has 5 rings (SSSR count). The summed E-state index contributed by atoms with van der Waals surface area (Å²) in [6, 6.07) is 17.6. The van der Waals surface area contributed by atoms with Gasteiger partial charge in [-0.1, -0.05) is 24.3 Å². The van der Waals surface area contributed by atoms with E-state index in [2.05, 4.69) is 51.1 Å². The molecule has 0 radical (unpaired) electrons. The van der Waals surface area contributed by atoms with E-state index in [9.17, 15) is 0 Å². The summed E-state index contributed by atoms with van der Waals surface area (Å²) < 4.78 is 22.5. The van der Waals surface area contributed by atoms with E-state index in [0.717, 1.165) is 82.6 Å². The third-order valence-corrected chi connectivity index (χ3v) is 6.77. The first-order valence-corrected chi connectivity index (χ1v) is 12.8. The zero-order valence-electron chi connectivity index (χ0n) is 21.1. The Balaban J connectivity index is 1.33. The summed E-state index contributed by atoms with van der Waals surface area (Å²) in [7, 11) is 1.70. The number of ether oxygens (including phenoxy) is 3. The van der Waals surface area contributed by atoms with E-state index in [0.29, 0.717) is 19.1 Å². The molecule has 8 nitrogen and oxygen atoms in total. The van der Waals surface area contributed by atoms with E-state index in [1.54, 1.807) is 13.4 Å². The molecule has 0 amide bonds. The van der Waals surface area contributed by atoms with Gasteiger partial charge in [0, 0.05) is 57.9 Å². The van der Waals surface area contributed by atoms with Crippen LogP contribution < -0.4 is 14.5 Å². The molecule has 2 fully saturated rings. The molecule has 0 spiro atoms. The molecule has 2 aromatic carbocycles. The maximum Gasteiger partial charge on any atom is 0.298 e. The van der Waals surface area contributed by atoms with Crippen molar-refractivity contribution in [3.8, 4) is 5.75 Å². The lowest BCUT2D eigenvalue weighted by Gasteiger charge is -2.29. The van der Waals surface area contributed by atoms with Gasteiger partial charge >= 0.3 is 0 Å². The van der Waals surface area contributed by atoms with Crippen LogP contribution in [0.2, 0.25) is 0 Å². The van der Waals surface area contributed by atoms with Crippen molar-refractivity contribution in [3.63, 3.8) is 0 Å². The largest absolute Gasteiger partial charge is 0.497 e. The van der Waals surface area contributed by atoms with Gasteiger partial charge in [-0.05, 0) is 35.4 Å². The summed E-state index contributed by atoms with van der Waals surface area (Å²) in [5.74, 6) is 0.848. The standard InChI is InChI=1S/C28H36N4O4/c1-33-27-7-3-5-24(19-27)21-32(20-23-4-2-6-26(18-23)31-12-16-35-17-13-31)28-29-25(22-36-28)8-9-30-10-14-34-15-11-30/h2-7,18-19,22H,8-17,20-21H2,1H3. The predicted octanol–water partition coefficient (Wildman–Crippen LogP) is 3.60. The van der Waals surface area contributed by atoms with E-state index in [1.165, 1.54) is 11.3 Å². The van der Waals surface area contributed by atoms with Crippen LogP contribution in [0.3, 0.4) is 0 Å². The van der Waals surface area contributed by atoms with E-state index in [4.69, 9.17) is 23.6 Å². The van der Waals surface area contributed by atoms with Crippen LogP contribution in [0.4, 0.5) is 11.7 Å². The Morgan fingerprint density at radius 1 is 0.889 bits per heavy atom. The molecule has 36 heavy (non-hydrogen) atoms. The molecule has 0 unspecified atom stereocenters. The number of aromatic nitrogens is 1.